The minimum atomic E-state index is -3.22. The van der Waals surface area contributed by atoms with E-state index in [1.54, 1.807) is 0 Å². The number of piperidine rings is 1. The van der Waals surface area contributed by atoms with E-state index in [1.807, 2.05) is 0 Å². The third-order valence-corrected chi connectivity index (χ3v) is 4.01. The van der Waals surface area contributed by atoms with E-state index < -0.39 is 10.0 Å². The molecule has 0 spiro atoms. The summed E-state index contributed by atoms with van der Waals surface area (Å²) in [5.74, 6) is -0.0498. The van der Waals surface area contributed by atoms with Crippen LogP contribution in [0.3, 0.4) is 0 Å². The van der Waals surface area contributed by atoms with Crippen LogP contribution in [0, 0.1) is 5.92 Å². The quantitative estimate of drug-likeness (QED) is 0.623. The molecule has 0 radical (unpaired) electrons. The molecular weight excluding hydrogens is 230 g/mol. The summed E-state index contributed by atoms with van der Waals surface area (Å²) in [6.07, 6.45) is 2.74. The average Bonchev–Trinajstić information content (AvgIpc) is 2.25. The van der Waals surface area contributed by atoms with Gasteiger partial charge in [0.25, 0.3) is 0 Å². The highest BCUT2D eigenvalue weighted by Gasteiger charge is 2.21. The monoisotopic (exact) mass is 249 g/mol. The van der Waals surface area contributed by atoms with Gasteiger partial charge < -0.3 is 10.6 Å². The summed E-state index contributed by atoms with van der Waals surface area (Å²) in [6, 6.07) is 0. The van der Waals surface area contributed by atoms with E-state index in [4.69, 9.17) is 0 Å². The predicted molar refractivity (Wildman–Crippen MR) is 61.2 cm³/mol. The lowest BCUT2D eigenvalue weighted by atomic mass is 9.97. The average molecular weight is 249 g/mol. The Hall–Kier alpha value is -0.660. The number of hydrogen-bond donors (Lipinski definition) is 2. The van der Waals surface area contributed by atoms with Crippen LogP contribution in [0.25, 0.3) is 0 Å². The fourth-order valence-corrected chi connectivity index (χ4v) is 1.83. The number of rotatable bonds is 4. The maximum absolute atomic E-state index is 11.7. The Bertz CT molecular complexity index is 336. The third-order valence-electron chi connectivity index (χ3n) is 2.75. The maximum atomic E-state index is 11.7. The van der Waals surface area contributed by atoms with Crippen molar-refractivity contribution < 1.29 is 13.2 Å². The van der Waals surface area contributed by atoms with E-state index in [0.717, 1.165) is 36.5 Å². The van der Waals surface area contributed by atoms with Crippen molar-refractivity contribution in [2.45, 2.75) is 12.8 Å². The molecule has 0 aromatic heterocycles. The Morgan fingerprint density at radius 1 is 1.44 bits per heavy atom. The first-order valence-corrected chi connectivity index (χ1v) is 7.16. The van der Waals surface area contributed by atoms with Gasteiger partial charge >= 0.3 is 0 Å². The second kappa shape index (κ2) is 5.60. The lowest BCUT2D eigenvalue weighted by Crippen LogP contribution is -2.43. The van der Waals surface area contributed by atoms with Crippen molar-refractivity contribution in [3.8, 4) is 0 Å². The molecule has 1 heterocycles. The number of carbonyl (C=O) groups excluding carboxylic acids is 1. The number of hydrogen-bond acceptors (Lipinski definition) is 4. The van der Waals surface area contributed by atoms with Crippen LogP contribution in [0.5, 0.6) is 0 Å². The van der Waals surface area contributed by atoms with Gasteiger partial charge in [0.2, 0.25) is 15.9 Å². The predicted octanol–water partition coefficient (Wildman–Crippen LogP) is -1.05. The molecule has 0 unspecified atom stereocenters. The highest BCUT2D eigenvalue weighted by atomic mass is 32.2. The fraction of sp³-hybridized carbons (Fsp3) is 0.889. The van der Waals surface area contributed by atoms with Crippen LogP contribution in [0.2, 0.25) is 0 Å². The minimum absolute atomic E-state index is 0.00853. The molecule has 1 aliphatic rings. The molecule has 0 aliphatic carbocycles. The zero-order valence-electron chi connectivity index (χ0n) is 9.69. The number of nitrogens with one attached hydrogen (secondary N) is 2. The summed E-state index contributed by atoms with van der Waals surface area (Å²) in [7, 11) is -1.78. The summed E-state index contributed by atoms with van der Waals surface area (Å²) < 4.78 is 23.3. The van der Waals surface area contributed by atoms with E-state index in [9.17, 15) is 13.2 Å². The summed E-state index contributed by atoms with van der Waals surface area (Å²) in [6.45, 7) is 1.74. The molecule has 1 fully saturated rings. The van der Waals surface area contributed by atoms with Gasteiger partial charge in [-0.05, 0) is 25.9 Å². The van der Waals surface area contributed by atoms with Gasteiger partial charge in [-0.3, -0.25) is 4.79 Å². The van der Waals surface area contributed by atoms with E-state index in [0.29, 0.717) is 0 Å². The molecule has 1 amide bonds. The molecule has 94 valence electrons. The minimum Gasteiger partial charge on any atom is -0.342 e. The third kappa shape index (κ3) is 4.07. The van der Waals surface area contributed by atoms with E-state index in [1.165, 1.54) is 7.05 Å². The highest BCUT2D eigenvalue weighted by molar-refractivity contribution is 7.88. The van der Waals surface area contributed by atoms with Crippen molar-refractivity contribution >= 4 is 15.9 Å². The first-order chi connectivity index (χ1) is 7.41. The molecule has 1 saturated heterocycles. The topological polar surface area (TPSA) is 78.5 Å². The van der Waals surface area contributed by atoms with Gasteiger partial charge in [-0.25, -0.2) is 8.42 Å². The van der Waals surface area contributed by atoms with Gasteiger partial charge in [0, 0.05) is 13.0 Å². The van der Waals surface area contributed by atoms with Gasteiger partial charge in [0.1, 0.15) is 0 Å². The smallest absolute Gasteiger partial charge is 0.224 e. The molecule has 1 aliphatic heterocycles. The maximum Gasteiger partial charge on any atom is 0.224 e. The van der Waals surface area contributed by atoms with Crippen molar-refractivity contribution in [2.24, 2.45) is 5.92 Å². The molecular formula is C9H19N3O3S. The molecule has 0 aromatic carbocycles. The molecule has 0 atom stereocenters. The summed E-state index contributed by atoms with van der Waals surface area (Å²) >= 11 is 0. The zero-order chi connectivity index (χ0) is 12.2. The first kappa shape index (κ1) is 13.4. The fourth-order valence-electron chi connectivity index (χ4n) is 1.53. The highest BCUT2D eigenvalue weighted by Crippen LogP contribution is 2.11. The van der Waals surface area contributed by atoms with Crippen LogP contribution < -0.4 is 10.6 Å². The Kier molecular flexibility index (Phi) is 4.69. The number of sulfonamides is 1. The van der Waals surface area contributed by atoms with Crippen molar-refractivity contribution in [3.05, 3.63) is 0 Å². The lowest BCUT2D eigenvalue weighted by Gasteiger charge is -2.23. The summed E-state index contributed by atoms with van der Waals surface area (Å²) in [5.41, 5.74) is 0. The van der Waals surface area contributed by atoms with E-state index >= 15 is 0 Å². The molecule has 2 N–H and O–H groups in total. The Labute approximate surface area is 96.4 Å². The number of carbonyl (C=O) groups is 1. The van der Waals surface area contributed by atoms with Gasteiger partial charge in [-0.15, -0.1) is 0 Å². The van der Waals surface area contributed by atoms with Crippen molar-refractivity contribution in [1.82, 2.24) is 14.9 Å². The van der Waals surface area contributed by atoms with Gasteiger partial charge in [0.15, 0.2) is 0 Å². The van der Waals surface area contributed by atoms with Crippen molar-refractivity contribution in [2.75, 3.05) is 33.1 Å². The van der Waals surface area contributed by atoms with Crippen LogP contribution in [-0.2, 0) is 14.8 Å². The molecule has 1 rings (SSSR count). The number of amides is 1. The largest absolute Gasteiger partial charge is 0.342 e. The molecule has 0 saturated carbocycles. The Morgan fingerprint density at radius 3 is 2.50 bits per heavy atom. The molecule has 0 bridgehead atoms. The molecule has 16 heavy (non-hydrogen) atoms. The SMILES string of the molecule is CN(CNC(=O)C1CCNCC1)S(C)(=O)=O. The number of nitrogens with zero attached hydrogens (tertiary/aromatic N) is 1. The Balaban J connectivity index is 2.34. The van der Waals surface area contributed by atoms with Crippen molar-refractivity contribution in [3.63, 3.8) is 0 Å². The molecule has 6 nitrogen and oxygen atoms in total. The first-order valence-electron chi connectivity index (χ1n) is 5.31. The van der Waals surface area contributed by atoms with Gasteiger partial charge in [-0.1, -0.05) is 0 Å². The van der Waals surface area contributed by atoms with Crippen molar-refractivity contribution in [1.29, 1.82) is 0 Å². The standard InChI is InChI=1S/C9H19N3O3S/c1-12(16(2,14)15)7-11-9(13)8-3-5-10-6-4-8/h8,10H,3-7H2,1-2H3,(H,11,13). The lowest BCUT2D eigenvalue weighted by molar-refractivity contribution is -0.126. The van der Waals surface area contributed by atoms with Crippen LogP contribution in [0.4, 0.5) is 0 Å². The second-order valence-corrected chi connectivity index (χ2v) is 6.17. The van der Waals surface area contributed by atoms with Gasteiger partial charge in [0.05, 0.1) is 12.9 Å². The Morgan fingerprint density at radius 2 is 2.00 bits per heavy atom. The normalized spacial score (nSPS) is 18.7. The summed E-state index contributed by atoms with van der Waals surface area (Å²) in [4.78, 5) is 11.7. The van der Waals surface area contributed by atoms with Crippen LogP contribution in [0.15, 0.2) is 0 Å². The van der Waals surface area contributed by atoms with Crippen LogP contribution in [0.1, 0.15) is 12.8 Å². The van der Waals surface area contributed by atoms with Gasteiger partial charge in [-0.2, -0.15) is 4.31 Å². The molecule has 7 heteroatoms. The van der Waals surface area contributed by atoms with E-state index in [2.05, 4.69) is 10.6 Å². The van der Waals surface area contributed by atoms with Crippen LogP contribution in [-0.4, -0.2) is 51.7 Å². The zero-order valence-corrected chi connectivity index (χ0v) is 10.5. The second-order valence-electron chi connectivity index (χ2n) is 4.08. The summed E-state index contributed by atoms with van der Waals surface area (Å²) in [5, 5.41) is 5.81. The molecule has 0 aromatic rings. The van der Waals surface area contributed by atoms with Crippen LogP contribution >= 0.6 is 0 Å². The van der Waals surface area contributed by atoms with E-state index in [-0.39, 0.29) is 18.5 Å².